The molecule has 5 N–H and O–H groups in total. The van der Waals surface area contributed by atoms with Crippen LogP contribution in [0.3, 0.4) is 0 Å². The van der Waals surface area contributed by atoms with Gasteiger partial charge in [-0.2, -0.15) is 18.4 Å². The molecule has 1 unspecified atom stereocenters. The zero-order valence-electron chi connectivity index (χ0n) is 16.2. The highest BCUT2D eigenvalue weighted by atomic mass is 35.5. The molecule has 1 aliphatic rings. The van der Waals surface area contributed by atoms with E-state index in [2.05, 4.69) is 9.97 Å². The first-order valence-corrected chi connectivity index (χ1v) is 9.60. The molecule has 1 saturated heterocycles. The van der Waals surface area contributed by atoms with Crippen LogP contribution in [0.15, 0.2) is 30.6 Å². The second kappa shape index (κ2) is 8.56. The number of nitriles is 1. The van der Waals surface area contributed by atoms with E-state index < -0.39 is 23.7 Å². The fourth-order valence-corrected chi connectivity index (χ4v) is 3.49. The summed E-state index contributed by atoms with van der Waals surface area (Å²) in [5.41, 5.74) is 10.3. The molecule has 0 aliphatic carbocycles. The van der Waals surface area contributed by atoms with Gasteiger partial charge in [-0.1, -0.05) is 23.7 Å². The Morgan fingerprint density at radius 1 is 1.26 bits per heavy atom. The number of aromatic nitrogens is 2. The van der Waals surface area contributed by atoms with Gasteiger partial charge in [-0.05, 0) is 30.5 Å². The van der Waals surface area contributed by atoms with E-state index in [1.807, 2.05) is 11.4 Å². The Morgan fingerprint density at radius 3 is 2.42 bits per heavy atom. The van der Waals surface area contributed by atoms with E-state index in [0.29, 0.717) is 5.82 Å². The third-order valence-corrected chi connectivity index (χ3v) is 5.43. The summed E-state index contributed by atoms with van der Waals surface area (Å²) in [4.78, 5) is 22.3. The maximum Gasteiger partial charge on any atom is 0.412 e. The lowest BCUT2D eigenvalue weighted by Crippen LogP contribution is -2.61. The number of nitrogens with two attached hydrogens (primary N) is 2. The number of hydrogen-bond acceptors (Lipinski definition) is 7. The van der Waals surface area contributed by atoms with E-state index in [9.17, 15) is 23.2 Å². The van der Waals surface area contributed by atoms with Crippen molar-refractivity contribution in [1.29, 1.82) is 5.26 Å². The quantitative estimate of drug-likeness (QED) is 0.646. The molecule has 1 fully saturated rings. The molecule has 1 aromatic carbocycles. The Kier molecular flexibility index (Phi) is 6.24. The molecular formula is C19H19ClF3N7O. The molecule has 0 spiro atoms. The predicted octanol–water partition coefficient (Wildman–Crippen LogP) is 2.30. The number of benzene rings is 1. The number of carbonyl (C=O) groups is 1. The van der Waals surface area contributed by atoms with E-state index in [0.717, 1.165) is 0 Å². The lowest BCUT2D eigenvalue weighted by Gasteiger charge is -2.39. The number of halogens is 4. The molecule has 164 valence electrons. The van der Waals surface area contributed by atoms with Crippen molar-refractivity contribution in [2.75, 3.05) is 23.7 Å². The van der Waals surface area contributed by atoms with E-state index in [-0.39, 0.29) is 47.9 Å². The standard InChI is InChI=1S/C19H19ClF3N7O/c20-12-3-1-11(2-4-12)14(19(21,22)23)29-17(31)18(26)5-7-30(8-6-18)16-13(9-24)15(25)27-10-28-16/h1-4,10,14H,5-8,26H2,(H,29,31)(H2,25,27,28). The minimum absolute atomic E-state index is 0.0193. The molecule has 0 radical (unpaired) electrons. The summed E-state index contributed by atoms with van der Waals surface area (Å²) < 4.78 is 40.8. The highest BCUT2D eigenvalue weighted by Crippen LogP contribution is 2.34. The second-order valence-corrected chi connectivity index (χ2v) is 7.65. The van der Waals surface area contributed by atoms with Gasteiger partial charge in [0.15, 0.2) is 11.9 Å². The molecule has 2 aromatic rings. The molecule has 0 bridgehead atoms. The smallest absolute Gasteiger partial charge is 0.382 e. The van der Waals surface area contributed by atoms with Crippen molar-refractivity contribution in [2.45, 2.75) is 30.6 Å². The number of anilines is 2. The van der Waals surface area contributed by atoms with Crippen molar-refractivity contribution >= 4 is 29.1 Å². The van der Waals surface area contributed by atoms with Crippen LogP contribution in [0.2, 0.25) is 5.02 Å². The maximum absolute atomic E-state index is 13.6. The summed E-state index contributed by atoms with van der Waals surface area (Å²) in [6, 6.07) is 4.76. The predicted molar refractivity (Wildman–Crippen MR) is 108 cm³/mol. The van der Waals surface area contributed by atoms with Crippen LogP contribution in [0, 0.1) is 11.3 Å². The molecule has 1 aliphatic heterocycles. The van der Waals surface area contributed by atoms with E-state index in [1.54, 1.807) is 4.90 Å². The fraction of sp³-hybridized carbons (Fsp3) is 0.368. The number of nitrogen functional groups attached to an aromatic ring is 1. The van der Waals surface area contributed by atoms with Crippen LogP contribution >= 0.6 is 11.6 Å². The van der Waals surface area contributed by atoms with Gasteiger partial charge in [-0.3, -0.25) is 4.79 Å². The average Bonchev–Trinajstić information content (AvgIpc) is 2.72. The number of rotatable bonds is 4. The zero-order chi connectivity index (χ0) is 22.8. The van der Waals surface area contributed by atoms with Crippen molar-refractivity contribution in [1.82, 2.24) is 15.3 Å². The Bertz CT molecular complexity index is 999. The Balaban J connectivity index is 1.74. The van der Waals surface area contributed by atoms with Crippen LogP contribution < -0.4 is 21.7 Å². The Hall–Kier alpha value is -3.10. The lowest BCUT2D eigenvalue weighted by molar-refractivity contribution is -0.165. The lowest BCUT2D eigenvalue weighted by atomic mass is 9.87. The molecule has 12 heteroatoms. The van der Waals surface area contributed by atoms with E-state index in [4.69, 9.17) is 23.1 Å². The summed E-state index contributed by atoms with van der Waals surface area (Å²) >= 11 is 5.75. The van der Waals surface area contributed by atoms with Crippen molar-refractivity contribution < 1.29 is 18.0 Å². The molecule has 8 nitrogen and oxygen atoms in total. The summed E-state index contributed by atoms with van der Waals surface area (Å²) in [5, 5.41) is 11.6. The molecule has 31 heavy (non-hydrogen) atoms. The second-order valence-electron chi connectivity index (χ2n) is 7.21. The van der Waals surface area contributed by atoms with Crippen molar-refractivity contribution in [3.63, 3.8) is 0 Å². The number of amides is 1. The summed E-state index contributed by atoms with van der Waals surface area (Å²) in [5.74, 6) is -0.593. The SMILES string of the molecule is N#Cc1c(N)ncnc1N1CCC(N)(C(=O)NC(c2ccc(Cl)cc2)C(F)(F)F)CC1. The van der Waals surface area contributed by atoms with Gasteiger partial charge >= 0.3 is 6.18 Å². The number of nitrogens with one attached hydrogen (secondary N) is 1. The van der Waals surface area contributed by atoms with Crippen LogP contribution in [0.1, 0.15) is 30.0 Å². The fourth-order valence-electron chi connectivity index (χ4n) is 3.37. The monoisotopic (exact) mass is 453 g/mol. The molecule has 2 heterocycles. The zero-order valence-corrected chi connectivity index (χ0v) is 16.9. The number of nitrogens with zero attached hydrogens (tertiary/aromatic N) is 4. The minimum atomic E-state index is -4.72. The third-order valence-electron chi connectivity index (χ3n) is 5.18. The molecule has 0 saturated carbocycles. The van der Waals surface area contributed by atoms with Crippen molar-refractivity contribution in [3.05, 3.63) is 46.7 Å². The van der Waals surface area contributed by atoms with Gasteiger partial charge in [0.25, 0.3) is 0 Å². The molecule has 1 atom stereocenters. The van der Waals surface area contributed by atoms with Crippen LogP contribution in [0.4, 0.5) is 24.8 Å². The van der Waals surface area contributed by atoms with Gasteiger partial charge in [-0.15, -0.1) is 0 Å². The molecule has 3 rings (SSSR count). The van der Waals surface area contributed by atoms with Gasteiger partial charge in [0.2, 0.25) is 5.91 Å². The van der Waals surface area contributed by atoms with Gasteiger partial charge in [0.05, 0.1) is 5.54 Å². The Labute approximate surface area is 181 Å². The normalized spacial score (nSPS) is 17.0. The highest BCUT2D eigenvalue weighted by Gasteiger charge is 2.46. The summed E-state index contributed by atoms with van der Waals surface area (Å²) in [6.45, 7) is 0.402. The number of piperidine rings is 1. The maximum atomic E-state index is 13.6. The van der Waals surface area contributed by atoms with Crippen LogP contribution in [-0.4, -0.2) is 40.7 Å². The van der Waals surface area contributed by atoms with Gasteiger partial charge < -0.3 is 21.7 Å². The highest BCUT2D eigenvalue weighted by molar-refractivity contribution is 6.30. The Morgan fingerprint density at radius 2 is 1.87 bits per heavy atom. The van der Waals surface area contributed by atoms with Gasteiger partial charge in [-0.25, -0.2) is 9.97 Å². The van der Waals surface area contributed by atoms with Crippen molar-refractivity contribution in [3.8, 4) is 6.07 Å². The summed E-state index contributed by atoms with van der Waals surface area (Å²) in [6.07, 6.45) is -3.40. The minimum Gasteiger partial charge on any atom is -0.382 e. The van der Waals surface area contributed by atoms with Crippen LogP contribution in [0.5, 0.6) is 0 Å². The number of carbonyl (C=O) groups excluding carboxylic acids is 1. The van der Waals surface area contributed by atoms with Gasteiger partial charge in [0.1, 0.15) is 23.8 Å². The first-order valence-electron chi connectivity index (χ1n) is 9.23. The topological polar surface area (TPSA) is 134 Å². The summed E-state index contributed by atoms with van der Waals surface area (Å²) in [7, 11) is 0. The van der Waals surface area contributed by atoms with E-state index >= 15 is 0 Å². The first-order chi connectivity index (χ1) is 14.5. The number of hydrogen-bond donors (Lipinski definition) is 3. The van der Waals surface area contributed by atoms with Crippen LogP contribution in [0.25, 0.3) is 0 Å². The average molecular weight is 454 g/mol. The molecule has 1 amide bonds. The third kappa shape index (κ3) is 4.81. The molecular weight excluding hydrogens is 435 g/mol. The van der Waals surface area contributed by atoms with Crippen molar-refractivity contribution in [2.24, 2.45) is 5.73 Å². The van der Waals surface area contributed by atoms with Gasteiger partial charge in [0, 0.05) is 18.1 Å². The largest absolute Gasteiger partial charge is 0.412 e. The van der Waals surface area contributed by atoms with Crippen LogP contribution in [-0.2, 0) is 4.79 Å². The molecule has 1 aromatic heterocycles. The van der Waals surface area contributed by atoms with E-state index in [1.165, 1.54) is 30.6 Å². The first kappa shape index (κ1) is 22.6. The number of alkyl halides is 3.